The number of carbonyl (C=O) groups is 1. The standard InChI is InChI=1S/C24H22N6O4/c1-2-29-23(31)18-6-4-3-5-17(18)22(26-29)24(32)28-13-11-27(12-14-28)20-7-8-21(30(33)34)19-15-25-10-9-16(19)20/h3-10,15H,2,11-14H2,1H3. The number of nitro groups is 1. The lowest BCUT2D eigenvalue weighted by atomic mass is 10.1. The van der Waals surface area contributed by atoms with Gasteiger partial charge in [0.25, 0.3) is 17.2 Å². The maximum atomic E-state index is 13.4. The number of benzene rings is 2. The zero-order valence-electron chi connectivity index (χ0n) is 18.5. The number of pyridine rings is 1. The number of nitro benzene ring substituents is 1. The van der Waals surface area contributed by atoms with Crippen molar-refractivity contribution < 1.29 is 9.72 Å². The summed E-state index contributed by atoms with van der Waals surface area (Å²) in [6, 6.07) is 12.1. The molecule has 1 fully saturated rings. The summed E-state index contributed by atoms with van der Waals surface area (Å²) in [6.07, 6.45) is 3.13. The van der Waals surface area contributed by atoms with Crippen LogP contribution in [-0.4, -0.2) is 56.7 Å². The number of hydrogen-bond acceptors (Lipinski definition) is 7. The van der Waals surface area contributed by atoms with Crippen molar-refractivity contribution in [2.24, 2.45) is 0 Å². The molecule has 34 heavy (non-hydrogen) atoms. The highest BCUT2D eigenvalue weighted by Crippen LogP contribution is 2.33. The van der Waals surface area contributed by atoms with E-state index in [1.165, 1.54) is 16.9 Å². The van der Waals surface area contributed by atoms with E-state index >= 15 is 0 Å². The first kappa shape index (κ1) is 21.5. The van der Waals surface area contributed by atoms with Gasteiger partial charge < -0.3 is 9.80 Å². The molecular weight excluding hydrogens is 436 g/mol. The molecule has 172 valence electrons. The van der Waals surface area contributed by atoms with Crippen LogP contribution in [0.2, 0.25) is 0 Å². The van der Waals surface area contributed by atoms with Gasteiger partial charge >= 0.3 is 0 Å². The molecule has 1 saturated heterocycles. The molecule has 1 amide bonds. The molecule has 0 radical (unpaired) electrons. The maximum absolute atomic E-state index is 13.4. The van der Waals surface area contributed by atoms with Crippen LogP contribution >= 0.6 is 0 Å². The third kappa shape index (κ3) is 3.53. The molecule has 1 aliphatic heterocycles. The number of carbonyl (C=O) groups excluding carboxylic acids is 1. The van der Waals surface area contributed by atoms with E-state index in [1.54, 1.807) is 47.5 Å². The Hall–Kier alpha value is -4.34. The minimum Gasteiger partial charge on any atom is -0.367 e. The fourth-order valence-corrected chi connectivity index (χ4v) is 4.50. The van der Waals surface area contributed by atoms with E-state index in [4.69, 9.17) is 0 Å². The van der Waals surface area contributed by atoms with E-state index in [-0.39, 0.29) is 22.8 Å². The Bertz CT molecular complexity index is 1490. The Morgan fingerprint density at radius 2 is 1.74 bits per heavy atom. The Morgan fingerprint density at radius 3 is 2.44 bits per heavy atom. The molecule has 0 unspecified atom stereocenters. The Morgan fingerprint density at radius 1 is 1.00 bits per heavy atom. The first-order valence-electron chi connectivity index (χ1n) is 11.0. The van der Waals surface area contributed by atoms with E-state index < -0.39 is 4.92 Å². The molecule has 10 heteroatoms. The van der Waals surface area contributed by atoms with Gasteiger partial charge in [0.1, 0.15) is 0 Å². The van der Waals surface area contributed by atoms with Crippen LogP contribution in [0.25, 0.3) is 21.5 Å². The van der Waals surface area contributed by atoms with Gasteiger partial charge in [-0.2, -0.15) is 5.10 Å². The van der Waals surface area contributed by atoms with Crippen LogP contribution in [0.3, 0.4) is 0 Å². The monoisotopic (exact) mass is 458 g/mol. The van der Waals surface area contributed by atoms with Gasteiger partial charge in [-0.05, 0) is 25.1 Å². The van der Waals surface area contributed by atoms with Gasteiger partial charge in [0.05, 0.1) is 15.7 Å². The van der Waals surface area contributed by atoms with Crippen molar-refractivity contribution in [2.45, 2.75) is 13.5 Å². The van der Waals surface area contributed by atoms with Gasteiger partial charge in [0.2, 0.25) is 0 Å². The quantitative estimate of drug-likeness (QED) is 0.341. The summed E-state index contributed by atoms with van der Waals surface area (Å²) >= 11 is 0. The zero-order chi connectivity index (χ0) is 23.8. The third-order valence-corrected chi connectivity index (χ3v) is 6.25. The minimum atomic E-state index is -0.405. The smallest absolute Gasteiger partial charge is 0.278 e. The van der Waals surface area contributed by atoms with Crippen molar-refractivity contribution >= 4 is 38.8 Å². The normalized spacial score (nSPS) is 14.0. The van der Waals surface area contributed by atoms with E-state index in [1.807, 2.05) is 6.92 Å². The predicted octanol–water partition coefficient (Wildman–Crippen LogP) is 2.84. The van der Waals surface area contributed by atoms with Gasteiger partial charge in [-0.3, -0.25) is 24.7 Å². The third-order valence-electron chi connectivity index (χ3n) is 6.25. The second kappa shape index (κ2) is 8.54. The van der Waals surface area contributed by atoms with Gasteiger partial charge in [-0.25, -0.2) is 4.68 Å². The first-order chi connectivity index (χ1) is 16.5. The summed E-state index contributed by atoms with van der Waals surface area (Å²) in [6.45, 7) is 4.24. The highest BCUT2D eigenvalue weighted by Gasteiger charge is 2.27. The topological polar surface area (TPSA) is 114 Å². The summed E-state index contributed by atoms with van der Waals surface area (Å²) in [4.78, 5) is 44.9. The second-order valence-corrected chi connectivity index (χ2v) is 8.08. The number of aromatic nitrogens is 3. The molecule has 0 spiro atoms. The molecule has 0 atom stereocenters. The molecule has 0 bridgehead atoms. The van der Waals surface area contributed by atoms with Crippen molar-refractivity contribution in [1.82, 2.24) is 19.7 Å². The van der Waals surface area contributed by atoms with E-state index in [9.17, 15) is 19.7 Å². The molecule has 5 rings (SSSR count). The van der Waals surface area contributed by atoms with Crippen LogP contribution < -0.4 is 10.5 Å². The van der Waals surface area contributed by atoms with Crippen LogP contribution in [0.4, 0.5) is 11.4 Å². The van der Waals surface area contributed by atoms with Crippen LogP contribution in [-0.2, 0) is 6.54 Å². The van der Waals surface area contributed by atoms with Crippen LogP contribution in [0, 0.1) is 10.1 Å². The summed E-state index contributed by atoms with van der Waals surface area (Å²) in [5, 5.41) is 18.1. The number of rotatable bonds is 4. The van der Waals surface area contributed by atoms with E-state index in [2.05, 4.69) is 15.0 Å². The number of aryl methyl sites for hydroxylation is 1. The van der Waals surface area contributed by atoms with Crippen LogP contribution in [0.5, 0.6) is 0 Å². The summed E-state index contributed by atoms with van der Waals surface area (Å²) in [5.74, 6) is -0.212. The van der Waals surface area contributed by atoms with Crippen molar-refractivity contribution in [3.63, 3.8) is 0 Å². The lowest BCUT2D eigenvalue weighted by Crippen LogP contribution is -2.49. The highest BCUT2D eigenvalue weighted by molar-refractivity contribution is 6.05. The first-order valence-corrected chi connectivity index (χ1v) is 11.0. The van der Waals surface area contributed by atoms with Gasteiger partial charge in [0.15, 0.2) is 5.69 Å². The lowest BCUT2D eigenvalue weighted by molar-refractivity contribution is -0.383. The SMILES string of the molecule is CCn1nc(C(=O)N2CCN(c3ccc([N+](=O)[O-])c4cnccc34)CC2)c2ccccc2c1=O. The summed E-state index contributed by atoms with van der Waals surface area (Å²) in [5.41, 5.74) is 0.958. The van der Waals surface area contributed by atoms with Crippen LogP contribution in [0.1, 0.15) is 17.4 Å². The largest absolute Gasteiger partial charge is 0.367 e. The van der Waals surface area contributed by atoms with Gasteiger partial charge in [-0.15, -0.1) is 0 Å². The molecule has 2 aromatic heterocycles. The molecule has 1 aliphatic rings. The minimum absolute atomic E-state index is 0.0182. The molecule has 3 heterocycles. The number of amides is 1. The lowest BCUT2D eigenvalue weighted by Gasteiger charge is -2.36. The van der Waals surface area contributed by atoms with E-state index in [0.717, 1.165) is 11.1 Å². The molecule has 0 saturated carbocycles. The molecule has 2 aromatic carbocycles. The fourth-order valence-electron chi connectivity index (χ4n) is 4.50. The van der Waals surface area contributed by atoms with Crippen molar-refractivity contribution in [2.75, 3.05) is 31.1 Å². The fraction of sp³-hybridized carbons (Fsp3) is 0.250. The predicted molar refractivity (Wildman–Crippen MR) is 128 cm³/mol. The summed E-state index contributed by atoms with van der Waals surface area (Å²) in [7, 11) is 0. The molecule has 0 N–H and O–H groups in total. The summed E-state index contributed by atoms with van der Waals surface area (Å²) < 4.78 is 1.32. The van der Waals surface area contributed by atoms with Crippen molar-refractivity contribution in [1.29, 1.82) is 0 Å². The zero-order valence-corrected chi connectivity index (χ0v) is 18.5. The Kier molecular flexibility index (Phi) is 5.40. The van der Waals surface area contributed by atoms with Crippen molar-refractivity contribution in [3.8, 4) is 0 Å². The molecule has 0 aliphatic carbocycles. The van der Waals surface area contributed by atoms with Gasteiger partial charge in [0, 0.05) is 67.6 Å². The molecular formula is C24H22N6O4. The highest BCUT2D eigenvalue weighted by atomic mass is 16.6. The Labute approximate surface area is 194 Å². The average Bonchev–Trinajstić information content (AvgIpc) is 2.88. The van der Waals surface area contributed by atoms with Crippen molar-refractivity contribution in [3.05, 3.63) is 81.0 Å². The second-order valence-electron chi connectivity index (χ2n) is 8.08. The Balaban J connectivity index is 1.42. The maximum Gasteiger partial charge on any atom is 0.278 e. The molecule has 4 aromatic rings. The number of fused-ring (bicyclic) bond motifs is 2. The number of non-ortho nitro benzene ring substituents is 1. The van der Waals surface area contributed by atoms with Crippen LogP contribution in [0.15, 0.2) is 59.7 Å². The average molecular weight is 458 g/mol. The van der Waals surface area contributed by atoms with Gasteiger partial charge in [-0.1, -0.05) is 18.2 Å². The number of anilines is 1. The number of nitrogens with zero attached hydrogens (tertiary/aromatic N) is 6. The number of hydrogen-bond donors (Lipinski definition) is 0. The molecule has 10 nitrogen and oxygen atoms in total. The van der Waals surface area contributed by atoms with E-state index in [0.29, 0.717) is 48.9 Å². The number of piperazine rings is 1.